The molecule has 0 heterocycles. The maximum atomic E-state index is 12.7. The largest absolute Gasteiger partial charge is 0.401 e. The highest BCUT2D eigenvalue weighted by molar-refractivity contribution is 5.77. The Labute approximate surface area is 108 Å². The maximum absolute atomic E-state index is 12.7. The van der Waals surface area contributed by atoms with Gasteiger partial charge in [0.1, 0.15) is 5.82 Å². The molecule has 0 radical (unpaired) electrons. The van der Waals surface area contributed by atoms with Crippen LogP contribution in [-0.2, 0) is 11.3 Å². The zero-order valence-electron chi connectivity index (χ0n) is 10.3. The fraction of sp³-hybridized carbons (Fsp3) is 0.417. The summed E-state index contributed by atoms with van der Waals surface area (Å²) in [6.07, 6.45) is -4.34. The SMILES string of the molecule is CN(Cc1ccc(F)cc1)C(=O)CNCC(F)(F)F. The predicted octanol–water partition coefficient (Wildman–Crippen LogP) is 1.94. The molecule has 0 aliphatic rings. The lowest BCUT2D eigenvalue weighted by Gasteiger charge is -2.18. The number of alkyl halides is 3. The fourth-order valence-corrected chi connectivity index (χ4v) is 1.40. The van der Waals surface area contributed by atoms with Gasteiger partial charge in [-0.1, -0.05) is 12.1 Å². The van der Waals surface area contributed by atoms with Crippen LogP contribution < -0.4 is 5.32 Å². The molecular weight excluding hydrogens is 264 g/mol. The molecule has 0 atom stereocenters. The monoisotopic (exact) mass is 278 g/mol. The number of halogens is 4. The molecule has 0 aromatic heterocycles. The van der Waals surface area contributed by atoms with Crippen molar-refractivity contribution in [2.45, 2.75) is 12.7 Å². The first-order chi connectivity index (χ1) is 8.78. The second-order valence-electron chi connectivity index (χ2n) is 4.09. The van der Waals surface area contributed by atoms with Crippen LogP contribution in [0.2, 0.25) is 0 Å². The second kappa shape index (κ2) is 6.51. The van der Waals surface area contributed by atoms with Crippen molar-refractivity contribution in [2.24, 2.45) is 0 Å². The van der Waals surface area contributed by atoms with E-state index in [0.717, 1.165) is 0 Å². The van der Waals surface area contributed by atoms with E-state index in [1.165, 1.54) is 36.2 Å². The van der Waals surface area contributed by atoms with Gasteiger partial charge in [0.05, 0.1) is 13.1 Å². The van der Waals surface area contributed by atoms with Gasteiger partial charge < -0.3 is 10.2 Å². The fourth-order valence-electron chi connectivity index (χ4n) is 1.40. The van der Waals surface area contributed by atoms with Crippen LogP contribution in [0.4, 0.5) is 17.6 Å². The van der Waals surface area contributed by atoms with E-state index < -0.39 is 25.2 Å². The van der Waals surface area contributed by atoms with Crippen LogP contribution in [0.25, 0.3) is 0 Å². The van der Waals surface area contributed by atoms with E-state index in [2.05, 4.69) is 0 Å². The van der Waals surface area contributed by atoms with Gasteiger partial charge in [-0.15, -0.1) is 0 Å². The molecule has 7 heteroatoms. The number of hydrogen-bond acceptors (Lipinski definition) is 2. The van der Waals surface area contributed by atoms with E-state index in [4.69, 9.17) is 0 Å². The van der Waals surface area contributed by atoms with E-state index in [9.17, 15) is 22.4 Å². The highest BCUT2D eigenvalue weighted by Crippen LogP contribution is 2.12. The Balaban J connectivity index is 2.38. The highest BCUT2D eigenvalue weighted by Gasteiger charge is 2.26. The summed E-state index contributed by atoms with van der Waals surface area (Å²) in [6.45, 7) is -1.38. The van der Waals surface area contributed by atoms with Crippen LogP contribution in [-0.4, -0.2) is 37.1 Å². The van der Waals surface area contributed by atoms with Crippen molar-refractivity contribution in [3.05, 3.63) is 35.6 Å². The summed E-state index contributed by atoms with van der Waals surface area (Å²) in [6, 6.07) is 5.55. The molecule has 0 fully saturated rings. The van der Waals surface area contributed by atoms with Crippen LogP contribution in [0.1, 0.15) is 5.56 Å². The lowest BCUT2D eigenvalue weighted by molar-refractivity contribution is -0.133. The van der Waals surface area contributed by atoms with Gasteiger partial charge in [0.2, 0.25) is 5.91 Å². The molecule has 106 valence electrons. The number of likely N-dealkylation sites (N-methyl/N-ethyl adjacent to an activating group) is 1. The van der Waals surface area contributed by atoms with Crippen molar-refractivity contribution < 1.29 is 22.4 Å². The van der Waals surface area contributed by atoms with Gasteiger partial charge in [0, 0.05) is 13.6 Å². The Hall–Kier alpha value is -1.63. The molecule has 1 aromatic carbocycles. The van der Waals surface area contributed by atoms with Crippen molar-refractivity contribution in [1.29, 1.82) is 0 Å². The molecule has 1 aromatic rings. The van der Waals surface area contributed by atoms with Crippen LogP contribution in [0.5, 0.6) is 0 Å². The van der Waals surface area contributed by atoms with Gasteiger partial charge in [-0.25, -0.2) is 4.39 Å². The molecule has 0 aliphatic heterocycles. The van der Waals surface area contributed by atoms with Crippen molar-refractivity contribution in [3.63, 3.8) is 0 Å². The number of benzene rings is 1. The molecule has 19 heavy (non-hydrogen) atoms. The van der Waals surface area contributed by atoms with Crippen LogP contribution in [0.15, 0.2) is 24.3 Å². The van der Waals surface area contributed by atoms with E-state index in [0.29, 0.717) is 5.56 Å². The normalized spacial score (nSPS) is 11.4. The van der Waals surface area contributed by atoms with E-state index in [-0.39, 0.29) is 12.4 Å². The molecule has 0 saturated heterocycles. The number of hydrogen-bond donors (Lipinski definition) is 1. The smallest absolute Gasteiger partial charge is 0.340 e. The lowest BCUT2D eigenvalue weighted by Crippen LogP contribution is -2.38. The zero-order valence-corrected chi connectivity index (χ0v) is 10.3. The number of nitrogens with zero attached hydrogens (tertiary/aromatic N) is 1. The first-order valence-corrected chi connectivity index (χ1v) is 5.54. The topological polar surface area (TPSA) is 32.3 Å². The first kappa shape index (κ1) is 15.4. The molecule has 0 spiro atoms. The lowest BCUT2D eigenvalue weighted by atomic mass is 10.2. The minimum absolute atomic E-state index is 0.215. The number of carbonyl (C=O) groups excluding carboxylic acids is 1. The molecule has 0 aliphatic carbocycles. The number of nitrogens with one attached hydrogen (secondary N) is 1. The quantitative estimate of drug-likeness (QED) is 0.835. The van der Waals surface area contributed by atoms with Gasteiger partial charge in [-0.05, 0) is 17.7 Å². The summed E-state index contributed by atoms with van der Waals surface area (Å²) in [4.78, 5) is 12.8. The van der Waals surface area contributed by atoms with Gasteiger partial charge in [0.25, 0.3) is 0 Å². The second-order valence-corrected chi connectivity index (χ2v) is 4.09. The Bertz CT molecular complexity index is 417. The summed E-state index contributed by atoms with van der Waals surface area (Å²) in [5, 5.41) is 2.02. The van der Waals surface area contributed by atoms with E-state index >= 15 is 0 Å². The molecule has 0 bridgehead atoms. The van der Waals surface area contributed by atoms with Crippen molar-refractivity contribution in [3.8, 4) is 0 Å². The third-order valence-electron chi connectivity index (χ3n) is 2.36. The Morgan fingerprint density at radius 1 is 1.26 bits per heavy atom. The molecule has 0 unspecified atom stereocenters. The average Bonchev–Trinajstić information content (AvgIpc) is 2.30. The van der Waals surface area contributed by atoms with Crippen molar-refractivity contribution >= 4 is 5.91 Å². The van der Waals surface area contributed by atoms with Crippen molar-refractivity contribution in [1.82, 2.24) is 10.2 Å². The molecular formula is C12H14F4N2O. The number of rotatable bonds is 5. The standard InChI is InChI=1S/C12H14F4N2O/c1-18(7-9-2-4-10(13)5-3-9)11(19)6-17-8-12(14,15)16/h2-5,17H,6-8H2,1H3. The number of carbonyl (C=O) groups is 1. The van der Waals surface area contributed by atoms with Gasteiger partial charge in [-0.2, -0.15) is 13.2 Å². The Morgan fingerprint density at radius 2 is 1.84 bits per heavy atom. The summed E-state index contributed by atoms with van der Waals surface area (Å²) in [7, 11) is 1.47. The van der Waals surface area contributed by atoms with Crippen molar-refractivity contribution in [2.75, 3.05) is 20.1 Å². The van der Waals surface area contributed by atoms with E-state index in [1.807, 2.05) is 5.32 Å². The molecule has 3 nitrogen and oxygen atoms in total. The van der Waals surface area contributed by atoms with Crippen LogP contribution in [0, 0.1) is 5.82 Å². The molecule has 1 N–H and O–H groups in total. The molecule has 1 amide bonds. The summed E-state index contributed by atoms with van der Waals surface area (Å²) >= 11 is 0. The third-order valence-corrected chi connectivity index (χ3v) is 2.36. The minimum atomic E-state index is -4.34. The Morgan fingerprint density at radius 3 is 2.37 bits per heavy atom. The zero-order chi connectivity index (χ0) is 14.5. The molecule has 0 saturated carbocycles. The summed E-state index contributed by atoms with van der Waals surface area (Å²) in [5.41, 5.74) is 0.702. The number of amides is 1. The third kappa shape index (κ3) is 6.19. The van der Waals surface area contributed by atoms with E-state index in [1.54, 1.807) is 0 Å². The Kier molecular flexibility index (Phi) is 5.29. The predicted molar refractivity (Wildman–Crippen MR) is 61.8 cm³/mol. The highest BCUT2D eigenvalue weighted by atomic mass is 19.4. The van der Waals surface area contributed by atoms with Gasteiger partial charge in [0.15, 0.2) is 0 Å². The van der Waals surface area contributed by atoms with Gasteiger partial charge in [-0.3, -0.25) is 4.79 Å². The maximum Gasteiger partial charge on any atom is 0.401 e. The summed E-state index contributed by atoms with van der Waals surface area (Å²) in [5.74, 6) is -0.849. The minimum Gasteiger partial charge on any atom is -0.340 e. The molecule has 1 rings (SSSR count). The van der Waals surface area contributed by atoms with Gasteiger partial charge >= 0.3 is 6.18 Å². The average molecular weight is 278 g/mol. The first-order valence-electron chi connectivity index (χ1n) is 5.54. The summed E-state index contributed by atoms with van der Waals surface area (Å²) < 4.78 is 48.3. The van der Waals surface area contributed by atoms with Crippen LogP contribution in [0.3, 0.4) is 0 Å². The van der Waals surface area contributed by atoms with Crippen LogP contribution >= 0.6 is 0 Å².